The van der Waals surface area contributed by atoms with Crippen LogP contribution in [0.1, 0.15) is 18.9 Å². The van der Waals surface area contributed by atoms with Crippen LogP contribution in [0.4, 0.5) is 11.4 Å². The molecule has 0 aliphatic rings. The fraction of sp³-hybridized carbons (Fsp3) is 0.176. The molecule has 0 fully saturated rings. The van der Waals surface area contributed by atoms with Crippen molar-refractivity contribution in [2.75, 3.05) is 0 Å². The van der Waals surface area contributed by atoms with Gasteiger partial charge in [0, 0.05) is 0 Å². The Hall–Kier alpha value is -2.42. The number of hydrogen-bond acceptors (Lipinski definition) is 3. The van der Waals surface area contributed by atoms with Crippen LogP contribution in [0, 0.1) is 6.92 Å². The molecule has 0 bridgehead atoms. The minimum Gasteiger partial charge on any atom is -0.465 e. The van der Waals surface area contributed by atoms with Gasteiger partial charge in [-0.05, 0) is 55.8 Å². The minimum absolute atomic E-state index is 0.795. The van der Waals surface area contributed by atoms with Crippen molar-refractivity contribution < 1.29 is 4.74 Å². The number of nitrogens with zero attached hydrogens (tertiary/aromatic N) is 2. The number of aryl methyl sites for hydroxylation is 1. The number of hydrogen-bond donors (Lipinski definition) is 0. The largest absolute Gasteiger partial charge is 0.465 e. The standard InChI is InChI=1S/C17H18N2O/c1-3-4-13-20-17-11-9-16(10-12-17)19-18-15-7-5-14(2)6-8-15/h4-13H,3H2,1-2H3. The Morgan fingerprint density at radius 2 is 1.45 bits per heavy atom. The van der Waals surface area contributed by atoms with Gasteiger partial charge in [0.1, 0.15) is 5.75 Å². The van der Waals surface area contributed by atoms with Gasteiger partial charge in [0.2, 0.25) is 0 Å². The summed E-state index contributed by atoms with van der Waals surface area (Å²) in [6.45, 7) is 4.11. The summed E-state index contributed by atoms with van der Waals surface area (Å²) in [5.74, 6) is 0.795. The first-order chi connectivity index (χ1) is 9.78. The molecule has 0 aliphatic carbocycles. The molecule has 0 heterocycles. The van der Waals surface area contributed by atoms with Gasteiger partial charge < -0.3 is 4.74 Å². The van der Waals surface area contributed by atoms with E-state index in [0.717, 1.165) is 23.5 Å². The fourth-order valence-electron chi connectivity index (χ4n) is 1.54. The number of allylic oxidation sites excluding steroid dienone is 1. The third-order valence-corrected chi connectivity index (χ3v) is 2.69. The van der Waals surface area contributed by atoms with Crippen molar-refractivity contribution in [3.63, 3.8) is 0 Å². The van der Waals surface area contributed by atoms with E-state index in [1.54, 1.807) is 6.26 Å². The van der Waals surface area contributed by atoms with Gasteiger partial charge in [-0.15, -0.1) is 0 Å². The Labute approximate surface area is 119 Å². The molecule has 0 amide bonds. The zero-order valence-electron chi connectivity index (χ0n) is 11.8. The smallest absolute Gasteiger partial charge is 0.126 e. The highest BCUT2D eigenvalue weighted by Crippen LogP contribution is 2.21. The molecule has 2 rings (SSSR count). The van der Waals surface area contributed by atoms with Crippen molar-refractivity contribution in [2.45, 2.75) is 20.3 Å². The molecule has 0 aliphatic heterocycles. The highest BCUT2D eigenvalue weighted by molar-refractivity contribution is 5.43. The number of benzene rings is 2. The predicted molar refractivity (Wildman–Crippen MR) is 81.9 cm³/mol. The van der Waals surface area contributed by atoms with Crippen LogP contribution in [-0.4, -0.2) is 0 Å². The fourth-order valence-corrected chi connectivity index (χ4v) is 1.54. The number of ether oxygens (including phenoxy) is 1. The van der Waals surface area contributed by atoms with E-state index in [9.17, 15) is 0 Å². The molecule has 0 atom stereocenters. The maximum absolute atomic E-state index is 5.42. The lowest BCUT2D eigenvalue weighted by Gasteiger charge is -1.99. The maximum atomic E-state index is 5.42. The van der Waals surface area contributed by atoms with Gasteiger partial charge in [-0.3, -0.25) is 0 Å². The quantitative estimate of drug-likeness (QED) is 0.504. The summed E-state index contributed by atoms with van der Waals surface area (Å²) < 4.78 is 5.42. The van der Waals surface area contributed by atoms with Crippen LogP contribution in [0.15, 0.2) is 71.1 Å². The number of rotatable bonds is 5. The second kappa shape index (κ2) is 7.24. The normalized spacial score (nSPS) is 11.3. The lowest BCUT2D eigenvalue weighted by atomic mass is 10.2. The molecule has 0 spiro atoms. The molecule has 0 unspecified atom stereocenters. The van der Waals surface area contributed by atoms with Gasteiger partial charge in [0.15, 0.2) is 0 Å². The molecule has 0 radical (unpaired) electrons. The topological polar surface area (TPSA) is 34.0 Å². The third-order valence-electron chi connectivity index (χ3n) is 2.69. The van der Waals surface area contributed by atoms with Crippen LogP contribution in [0.3, 0.4) is 0 Å². The lowest BCUT2D eigenvalue weighted by Crippen LogP contribution is -1.80. The lowest BCUT2D eigenvalue weighted by molar-refractivity contribution is 0.479. The molecule has 0 saturated carbocycles. The molecule has 0 N–H and O–H groups in total. The summed E-state index contributed by atoms with van der Waals surface area (Å²) in [6, 6.07) is 15.5. The van der Waals surface area contributed by atoms with Gasteiger partial charge >= 0.3 is 0 Å². The average molecular weight is 266 g/mol. The first-order valence-electron chi connectivity index (χ1n) is 6.68. The Kier molecular flexibility index (Phi) is 5.07. The van der Waals surface area contributed by atoms with Gasteiger partial charge in [0.05, 0.1) is 17.6 Å². The van der Waals surface area contributed by atoms with E-state index < -0.39 is 0 Å². The maximum Gasteiger partial charge on any atom is 0.126 e. The van der Waals surface area contributed by atoms with Gasteiger partial charge in [-0.25, -0.2) is 0 Å². The molecule has 3 nitrogen and oxygen atoms in total. The highest BCUT2D eigenvalue weighted by atomic mass is 16.5. The van der Waals surface area contributed by atoms with Gasteiger partial charge in [0.25, 0.3) is 0 Å². The second-order valence-corrected chi connectivity index (χ2v) is 4.43. The first-order valence-corrected chi connectivity index (χ1v) is 6.68. The van der Waals surface area contributed by atoms with Gasteiger partial charge in [-0.1, -0.05) is 24.6 Å². The molecular formula is C17H18N2O. The Morgan fingerprint density at radius 3 is 2.00 bits per heavy atom. The van der Waals surface area contributed by atoms with Crippen molar-refractivity contribution in [3.8, 4) is 5.75 Å². The van der Waals surface area contributed by atoms with Crippen molar-refractivity contribution in [1.29, 1.82) is 0 Å². The number of azo groups is 1. The van der Waals surface area contributed by atoms with Crippen molar-refractivity contribution >= 4 is 11.4 Å². The molecule has 0 saturated heterocycles. The van der Waals surface area contributed by atoms with E-state index in [1.807, 2.05) is 61.5 Å². The molecule has 102 valence electrons. The summed E-state index contributed by atoms with van der Waals surface area (Å²) in [6.07, 6.45) is 4.62. The molecule has 3 heteroatoms. The summed E-state index contributed by atoms with van der Waals surface area (Å²) in [5, 5.41) is 8.39. The second-order valence-electron chi connectivity index (χ2n) is 4.43. The Balaban J connectivity index is 1.99. The summed E-state index contributed by atoms with van der Waals surface area (Å²) >= 11 is 0. The average Bonchev–Trinajstić information content (AvgIpc) is 2.48. The van der Waals surface area contributed by atoms with Crippen LogP contribution < -0.4 is 4.74 Å². The van der Waals surface area contributed by atoms with Crippen LogP contribution in [0.2, 0.25) is 0 Å². The minimum atomic E-state index is 0.795. The van der Waals surface area contributed by atoms with E-state index >= 15 is 0 Å². The van der Waals surface area contributed by atoms with E-state index in [1.165, 1.54) is 5.56 Å². The van der Waals surface area contributed by atoms with E-state index in [0.29, 0.717) is 0 Å². The van der Waals surface area contributed by atoms with E-state index in [4.69, 9.17) is 4.74 Å². The van der Waals surface area contributed by atoms with E-state index in [-0.39, 0.29) is 0 Å². The summed E-state index contributed by atoms with van der Waals surface area (Å²) in [5.41, 5.74) is 2.87. The van der Waals surface area contributed by atoms with Crippen molar-refractivity contribution in [3.05, 3.63) is 66.4 Å². The van der Waals surface area contributed by atoms with Crippen LogP contribution in [0.25, 0.3) is 0 Å². The molecule has 20 heavy (non-hydrogen) atoms. The summed E-state index contributed by atoms with van der Waals surface area (Å²) in [4.78, 5) is 0. The van der Waals surface area contributed by atoms with E-state index in [2.05, 4.69) is 17.2 Å². The highest BCUT2D eigenvalue weighted by Gasteiger charge is 1.93. The zero-order valence-corrected chi connectivity index (χ0v) is 11.8. The SMILES string of the molecule is CCC=COc1ccc(N=Nc2ccc(C)cc2)cc1. The third kappa shape index (κ3) is 4.35. The molecule has 2 aromatic carbocycles. The zero-order chi connectivity index (χ0) is 14.2. The predicted octanol–water partition coefficient (Wildman–Crippen LogP) is 5.71. The van der Waals surface area contributed by atoms with Crippen molar-refractivity contribution in [2.24, 2.45) is 10.2 Å². The molecular weight excluding hydrogens is 248 g/mol. The van der Waals surface area contributed by atoms with Crippen LogP contribution >= 0.6 is 0 Å². The molecule has 0 aromatic heterocycles. The summed E-state index contributed by atoms with van der Waals surface area (Å²) in [7, 11) is 0. The first kappa shape index (κ1) is 14.0. The van der Waals surface area contributed by atoms with Gasteiger partial charge in [-0.2, -0.15) is 10.2 Å². The van der Waals surface area contributed by atoms with Crippen LogP contribution in [0.5, 0.6) is 5.75 Å². The van der Waals surface area contributed by atoms with Crippen molar-refractivity contribution in [1.82, 2.24) is 0 Å². The molecule has 2 aromatic rings. The monoisotopic (exact) mass is 266 g/mol. The van der Waals surface area contributed by atoms with Crippen LogP contribution in [-0.2, 0) is 0 Å². The Morgan fingerprint density at radius 1 is 0.900 bits per heavy atom. The Bertz CT molecular complexity index is 583.